The number of halogens is 3. The number of alkyl halides is 3. The van der Waals surface area contributed by atoms with Gasteiger partial charge in [0, 0.05) is 24.8 Å². The average molecular weight is 249 g/mol. The zero-order valence-corrected chi connectivity index (χ0v) is 10.2. The maximum absolute atomic E-state index is 13.0. The molecule has 1 heterocycles. The first-order chi connectivity index (χ1) is 7.71. The van der Waals surface area contributed by atoms with Gasteiger partial charge >= 0.3 is 6.18 Å². The molecule has 0 saturated carbocycles. The van der Waals surface area contributed by atoms with Crippen LogP contribution in [0.3, 0.4) is 0 Å². The summed E-state index contributed by atoms with van der Waals surface area (Å²) < 4.78 is 40.4. The van der Waals surface area contributed by atoms with Crippen LogP contribution in [-0.4, -0.2) is 22.0 Å². The van der Waals surface area contributed by atoms with Gasteiger partial charge in [0.05, 0.1) is 12.1 Å². The summed E-state index contributed by atoms with van der Waals surface area (Å²) in [5, 5.41) is 3.77. The Bertz CT molecular complexity index is 357. The van der Waals surface area contributed by atoms with Crippen molar-refractivity contribution in [1.82, 2.24) is 9.78 Å². The fourth-order valence-corrected chi connectivity index (χ4v) is 1.96. The summed E-state index contributed by atoms with van der Waals surface area (Å²) >= 11 is 0. The molecular weight excluding hydrogens is 231 g/mol. The Morgan fingerprint density at radius 1 is 1.41 bits per heavy atom. The smallest absolute Gasteiger partial charge is 0.327 e. The van der Waals surface area contributed by atoms with Crippen molar-refractivity contribution in [1.29, 1.82) is 0 Å². The van der Waals surface area contributed by atoms with Crippen LogP contribution in [0.1, 0.15) is 31.7 Å². The maximum atomic E-state index is 13.0. The monoisotopic (exact) mass is 249 g/mol. The Labute approximate surface area is 98.8 Å². The quantitative estimate of drug-likeness (QED) is 0.890. The highest BCUT2D eigenvalue weighted by Crippen LogP contribution is 2.38. The van der Waals surface area contributed by atoms with E-state index < -0.39 is 18.1 Å². The van der Waals surface area contributed by atoms with Gasteiger partial charge in [-0.3, -0.25) is 4.68 Å². The van der Waals surface area contributed by atoms with E-state index in [1.54, 1.807) is 7.05 Å². The van der Waals surface area contributed by atoms with Gasteiger partial charge in [-0.1, -0.05) is 13.8 Å². The predicted molar refractivity (Wildman–Crippen MR) is 59.4 cm³/mol. The van der Waals surface area contributed by atoms with Crippen LogP contribution < -0.4 is 5.73 Å². The first-order valence-electron chi connectivity index (χ1n) is 5.52. The number of nitrogens with two attached hydrogens (primary N) is 1. The van der Waals surface area contributed by atoms with Crippen molar-refractivity contribution in [2.75, 3.05) is 0 Å². The molecule has 17 heavy (non-hydrogen) atoms. The molecular formula is C11H18F3N3. The van der Waals surface area contributed by atoms with E-state index in [9.17, 15) is 13.2 Å². The Kier molecular flexibility index (Phi) is 4.19. The number of hydrogen-bond acceptors (Lipinski definition) is 2. The maximum Gasteiger partial charge on any atom is 0.397 e. The minimum atomic E-state index is -4.34. The summed E-state index contributed by atoms with van der Waals surface area (Å²) in [7, 11) is 1.59. The van der Waals surface area contributed by atoms with Crippen LogP contribution in [0.15, 0.2) is 12.4 Å². The molecule has 0 aromatic carbocycles. The van der Waals surface area contributed by atoms with Gasteiger partial charge in [0.25, 0.3) is 0 Å². The molecule has 0 amide bonds. The minimum absolute atomic E-state index is 0.131. The van der Waals surface area contributed by atoms with E-state index >= 15 is 0 Å². The highest BCUT2D eigenvalue weighted by molar-refractivity contribution is 5.16. The van der Waals surface area contributed by atoms with Crippen LogP contribution in [-0.2, 0) is 7.05 Å². The third kappa shape index (κ3) is 3.73. The van der Waals surface area contributed by atoms with Gasteiger partial charge in [-0.05, 0) is 12.3 Å². The van der Waals surface area contributed by atoms with E-state index in [1.807, 2.05) is 13.8 Å². The molecule has 1 aromatic heterocycles. The second-order valence-corrected chi connectivity index (χ2v) is 4.76. The van der Waals surface area contributed by atoms with Crippen molar-refractivity contribution in [3.63, 3.8) is 0 Å². The normalized spacial score (nSPS) is 16.2. The largest absolute Gasteiger partial charge is 0.397 e. The topological polar surface area (TPSA) is 43.8 Å². The van der Waals surface area contributed by atoms with E-state index in [0.29, 0.717) is 6.42 Å². The Morgan fingerprint density at radius 3 is 2.35 bits per heavy atom. The molecule has 2 atom stereocenters. The second-order valence-electron chi connectivity index (χ2n) is 4.76. The van der Waals surface area contributed by atoms with Gasteiger partial charge in [0.2, 0.25) is 0 Å². The Morgan fingerprint density at radius 2 is 2.00 bits per heavy atom. The van der Waals surface area contributed by atoms with Gasteiger partial charge in [-0.15, -0.1) is 0 Å². The van der Waals surface area contributed by atoms with Crippen LogP contribution >= 0.6 is 0 Å². The lowest BCUT2D eigenvalue weighted by Crippen LogP contribution is -2.38. The minimum Gasteiger partial charge on any atom is -0.327 e. The lowest BCUT2D eigenvalue weighted by atomic mass is 9.88. The van der Waals surface area contributed by atoms with Crippen molar-refractivity contribution in [2.45, 2.75) is 38.4 Å². The van der Waals surface area contributed by atoms with Gasteiger partial charge in [0.1, 0.15) is 0 Å². The van der Waals surface area contributed by atoms with Crippen LogP contribution in [0.25, 0.3) is 0 Å². The number of aryl methyl sites for hydroxylation is 1. The van der Waals surface area contributed by atoms with Crippen molar-refractivity contribution >= 4 is 0 Å². The van der Waals surface area contributed by atoms with Crippen molar-refractivity contribution in [3.8, 4) is 0 Å². The first-order valence-corrected chi connectivity index (χ1v) is 5.52. The van der Waals surface area contributed by atoms with E-state index in [-0.39, 0.29) is 11.5 Å². The lowest BCUT2D eigenvalue weighted by Gasteiger charge is -2.26. The molecule has 1 rings (SSSR count). The molecule has 0 aliphatic rings. The second kappa shape index (κ2) is 5.08. The Balaban J connectivity index is 2.96. The molecule has 2 unspecified atom stereocenters. The van der Waals surface area contributed by atoms with Crippen molar-refractivity contribution in [3.05, 3.63) is 18.0 Å². The molecule has 0 aliphatic heterocycles. The Hall–Kier alpha value is -1.04. The van der Waals surface area contributed by atoms with Crippen molar-refractivity contribution < 1.29 is 13.2 Å². The van der Waals surface area contributed by atoms with Crippen LogP contribution in [0.5, 0.6) is 0 Å². The fourth-order valence-electron chi connectivity index (χ4n) is 1.96. The molecule has 0 spiro atoms. The summed E-state index contributed by atoms with van der Waals surface area (Å²) in [5.41, 5.74) is 5.82. The summed E-state index contributed by atoms with van der Waals surface area (Å²) in [4.78, 5) is 0. The zero-order chi connectivity index (χ0) is 13.2. The van der Waals surface area contributed by atoms with E-state index in [1.165, 1.54) is 17.1 Å². The number of rotatable bonds is 4. The van der Waals surface area contributed by atoms with Gasteiger partial charge in [0.15, 0.2) is 0 Å². The van der Waals surface area contributed by atoms with E-state index in [0.717, 1.165) is 0 Å². The fraction of sp³-hybridized carbons (Fsp3) is 0.727. The molecule has 0 aliphatic carbocycles. The first kappa shape index (κ1) is 14.0. The van der Waals surface area contributed by atoms with Crippen LogP contribution in [0, 0.1) is 5.92 Å². The lowest BCUT2D eigenvalue weighted by molar-refractivity contribution is -0.155. The number of aromatic nitrogens is 2. The summed E-state index contributed by atoms with van der Waals surface area (Å²) in [5.74, 6) is -1.51. The summed E-state index contributed by atoms with van der Waals surface area (Å²) in [6.45, 7) is 3.72. The van der Waals surface area contributed by atoms with Crippen LogP contribution in [0.4, 0.5) is 13.2 Å². The molecule has 0 saturated heterocycles. The standard InChI is InChI=1S/C11H18F3N3/c1-7(2)4-9(15)10(11(12,13)14)8-5-16-17(3)6-8/h5-7,9-10H,4,15H2,1-3H3. The molecule has 0 bridgehead atoms. The summed E-state index contributed by atoms with van der Waals surface area (Å²) in [6, 6.07) is -0.931. The molecule has 3 nitrogen and oxygen atoms in total. The summed E-state index contributed by atoms with van der Waals surface area (Å²) in [6.07, 6.45) is -1.40. The average Bonchev–Trinajstić information content (AvgIpc) is 2.47. The third-order valence-corrected chi connectivity index (χ3v) is 2.61. The molecule has 0 radical (unpaired) electrons. The van der Waals surface area contributed by atoms with Crippen LogP contribution in [0.2, 0.25) is 0 Å². The van der Waals surface area contributed by atoms with E-state index in [2.05, 4.69) is 5.10 Å². The predicted octanol–water partition coefficient (Wildman–Crippen LogP) is 2.44. The third-order valence-electron chi connectivity index (χ3n) is 2.61. The highest BCUT2D eigenvalue weighted by atomic mass is 19.4. The van der Waals surface area contributed by atoms with Crippen molar-refractivity contribution in [2.24, 2.45) is 18.7 Å². The molecule has 98 valence electrons. The molecule has 6 heteroatoms. The number of nitrogens with zero attached hydrogens (tertiary/aromatic N) is 2. The molecule has 0 fully saturated rings. The van der Waals surface area contributed by atoms with Gasteiger partial charge < -0.3 is 5.73 Å². The molecule has 1 aromatic rings. The molecule has 2 N–H and O–H groups in total. The zero-order valence-electron chi connectivity index (χ0n) is 10.2. The highest BCUT2D eigenvalue weighted by Gasteiger charge is 2.45. The van der Waals surface area contributed by atoms with Gasteiger partial charge in [-0.25, -0.2) is 0 Å². The number of hydrogen-bond donors (Lipinski definition) is 1. The van der Waals surface area contributed by atoms with Gasteiger partial charge in [-0.2, -0.15) is 18.3 Å². The van der Waals surface area contributed by atoms with E-state index in [4.69, 9.17) is 5.73 Å². The SMILES string of the molecule is CC(C)CC(N)C(c1cnn(C)c1)C(F)(F)F.